The average molecular weight is 412 g/mol. The Kier molecular flexibility index (Phi) is 5.90. The number of nitrogens with zero attached hydrogens (tertiary/aromatic N) is 4. The highest BCUT2D eigenvalue weighted by Gasteiger charge is 2.26. The zero-order valence-electron chi connectivity index (χ0n) is 17.3. The third-order valence-corrected chi connectivity index (χ3v) is 6.09. The highest BCUT2D eigenvalue weighted by molar-refractivity contribution is 5.88. The van der Waals surface area contributed by atoms with Crippen LogP contribution >= 0.6 is 0 Å². The van der Waals surface area contributed by atoms with Crippen molar-refractivity contribution in [2.75, 3.05) is 19.6 Å². The molecule has 0 radical (unpaired) electrons. The number of halogens is 2. The Morgan fingerprint density at radius 2 is 1.90 bits per heavy atom. The van der Waals surface area contributed by atoms with Gasteiger partial charge in [-0.05, 0) is 50.4 Å². The summed E-state index contributed by atoms with van der Waals surface area (Å²) in [5.41, 5.74) is 2.86. The lowest BCUT2D eigenvalue weighted by molar-refractivity contribution is -0.123. The molecular formula is C23H26F2N4O. The van der Waals surface area contributed by atoms with E-state index in [1.165, 1.54) is 0 Å². The van der Waals surface area contributed by atoms with Crippen LogP contribution < -0.4 is 0 Å². The van der Waals surface area contributed by atoms with Crippen molar-refractivity contribution >= 4 is 16.6 Å². The number of piperidine rings is 1. The zero-order chi connectivity index (χ0) is 21.3. The molecule has 0 aliphatic carbocycles. The van der Waals surface area contributed by atoms with Crippen molar-refractivity contribution < 1.29 is 13.6 Å². The molecule has 1 aliphatic rings. The Balaban J connectivity index is 1.47. The largest absolute Gasteiger partial charge is 0.331 e. The van der Waals surface area contributed by atoms with Gasteiger partial charge in [0.05, 0.1) is 18.4 Å². The molecule has 30 heavy (non-hydrogen) atoms. The molecule has 3 heterocycles. The van der Waals surface area contributed by atoms with Gasteiger partial charge in [0, 0.05) is 42.2 Å². The number of benzene rings is 1. The van der Waals surface area contributed by atoms with Crippen molar-refractivity contribution in [2.45, 2.75) is 32.6 Å². The zero-order valence-corrected chi connectivity index (χ0v) is 17.3. The van der Waals surface area contributed by atoms with Crippen molar-refractivity contribution in [1.29, 1.82) is 0 Å². The van der Waals surface area contributed by atoms with E-state index in [1.54, 1.807) is 4.90 Å². The molecule has 1 aliphatic heterocycles. The molecule has 3 aromatic rings. The first-order valence-electron chi connectivity index (χ1n) is 10.3. The minimum absolute atomic E-state index is 0.0693. The number of rotatable bonds is 6. The van der Waals surface area contributed by atoms with Gasteiger partial charge in [-0.2, -0.15) is 0 Å². The van der Waals surface area contributed by atoms with E-state index >= 15 is 0 Å². The van der Waals surface area contributed by atoms with E-state index in [2.05, 4.69) is 22.1 Å². The summed E-state index contributed by atoms with van der Waals surface area (Å²) in [4.78, 5) is 23.3. The molecule has 0 atom stereocenters. The second-order valence-electron chi connectivity index (χ2n) is 8.10. The van der Waals surface area contributed by atoms with E-state index in [4.69, 9.17) is 0 Å². The van der Waals surface area contributed by atoms with Gasteiger partial charge in [0.2, 0.25) is 0 Å². The van der Waals surface area contributed by atoms with Crippen LogP contribution in [0.4, 0.5) is 8.78 Å². The van der Waals surface area contributed by atoms with Gasteiger partial charge in [-0.15, -0.1) is 0 Å². The fourth-order valence-corrected chi connectivity index (χ4v) is 4.17. The van der Waals surface area contributed by atoms with Crippen molar-refractivity contribution in [3.05, 3.63) is 48.2 Å². The minimum atomic E-state index is -2.32. The third-order valence-electron chi connectivity index (χ3n) is 6.09. The molecular weight excluding hydrogens is 386 g/mol. The normalized spacial score (nSPS) is 15.9. The number of hydrogen-bond donors (Lipinski definition) is 0. The van der Waals surface area contributed by atoms with Crippen LogP contribution in [0.1, 0.15) is 24.4 Å². The number of ketones is 1. The van der Waals surface area contributed by atoms with E-state index in [9.17, 15) is 13.6 Å². The first kappa shape index (κ1) is 20.6. The molecule has 7 heteroatoms. The van der Waals surface area contributed by atoms with Crippen LogP contribution in [-0.4, -0.2) is 51.3 Å². The second-order valence-corrected chi connectivity index (χ2v) is 8.10. The molecule has 4 rings (SSSR count). The maximum atomic E-state index is 12.8. The molecule has 0 bridgehead atoms. The molecule has 0 spiro atoms. The second kappa shape index (κ2) is 8.60. The van der Waals surface area contributed by atoms with Gasteiger partial charge in [0.1, 0.15) is 11.6 Å². The predicted octanol–water partition coefficient (Wildman–Crippen LogP) is 4.03. The molecule has 1 fully saturated rings. The van der Waals surface area contributed by atoms with Gasteiger partial charge in [-0.1, -0.05) is 12.1 Å². The Bertz CT molecular complexity index is 1050. The van der Waals surface area contributed by atoms with E-state index in [-0.39, 0.29) is 24.7 Å². The standard InChI is InChI=1S/C23H26F2N4O/c1-15-26-13-21(28(15)2)17-3-4-18-12-27-20(10-19(18)9-17)11-22(30)16-5-7-29(8-6-16)14-23(24)25/h3-4,9-10,12-13,16,23H,5-8,11,14H2,1-2H3. The number of aryl methyl sites for hydroxylation is 1. The average Bonchev–Trinajstić information content (AvgIpc) is 3.06. The summed E-state index contributed by atoms with van der Waals surface area (Å²) in [6.07, 6.45) is 2.92. The number of pyridine rings is 1. The predicted molar refractivity (Wildman–Crippen MR) is 113 cm³/mol. The number of likely N-dealkylation sites (tertiary alicyclic amines) is 1. The first-order valence-corrected chi connectivity index (χ1v) is 10.3. The summed E-state index contributed by atoms with van der Waals surface area (Å²) in [6, 6.07) is 8.17. The minimum Gasteiger partial charge on any atom is -0.331 e. The molecule has 1 aromatic carbocycles. The van der Waals surface area contributed by atoms with Gasteiger partial charge < -0.3 is 4.57 Å². The summed E-state index contributed by atoms with van der Waals surface area (Å²) in [6.45, 7) is 2.88. The molecule has 5 nitrogen and oxygen atoms in total. The van der Waals surface area contributed by atoms with Crippen LogP contribution in [0.3, 0.4) is 0 Å². The van der Waals surface area contributed by atoms with Gasteiger partial charge in [0.25, 0.3) is 6.43 Å². The molecule has 158 valence electrons. The lowest BCUT2D eigenvalue weighted by Crippen LogP contribution is -2.39. The number of hydrogen-bond acceptors (Lipinski definition) is 4. The third kappa shape index (κ3) is 4.41. The van der Waals surface area contributed by atoms with Gasteiger partial charge in [-0.3, -0.25) is 14.7 Å². The maximum Gasteiger partial charge on any atom is 0.251 e. The van der Waals surface area contributed by atoms with Crippen molar-refractivity contribution in [2.24, 2.45) is 13.0 Å². The Morgan fingerprint density at radius 1 is 1.13 bits per heavy atom. The van der Waals surface area contributed by atoms with Crippen molar-refractivity contribution in [1.82, 2.24) is 19.4 Å². The van der Waals surface area contributed by atoms with Crippen LogP contribution in [0.2, 0.25) is 0 Å². The number of carbonyl (C=O) groups is 1. The fourth-order valence-electron chi connectivity index (χ4n) is 4.17. The van der Waals surface area contributed by atoms with Gasteiger partial charge in [0.15, 0.2) is 0 Å². The molecule has 0 N–H and O–H groups in total. The summed E-state index contributed by atoms with van der Waals surface area (Å²) >= 11 is 0. The maximum absolute atomic E-state index is 12.8. The van der Waals surface area contributed by atoms with Crippen molar-refractivity contribution in [3.8, 4) is 11.3 Å². The highest BCUT2D eigenvalue weighted by Crippen LogP contribution is 2.26. The SMILES string of the molecule is Cc1ncc(-c2ccc3cnc(CC(=O)C4CCN(CC(F)F)CC4)cc3c2)n1C. The molecule has 2 aromatic heterocycles. The summed E-state index contributed by atoms with van der Waals surface area (Å²) in [5.74, 6) is 1.03. The van der Waals surface area contributed by atoms with Gasteiger partial charge >= 0.3 is 0 Å². The smallest absolute Gasteiger partial charge is 0.251 e. The Labute approximate surface area is 174 Å². The first-order chi connectivity index (χ1) is 14.4. The summed E-state index contributed by atoms with van der Waals surface area (Å²) < 4.78 is 27.1. The van der Waals surface area contributed by atoms with Crippen LogP contribution in [0.15, 0.2) is 36.7 Å². The van der Waals surface area contributed by atoms with Crippen LogP contribution in [0.5, 0.6) is 0 Å². The number of Topliss-reactive ketones (excluding diaryl/α,β-unsaturated/α-hetero) is 1. The van der Waals surface area contributed by atoms with Crippen LogP contribution in [0, 0.1) is 12.8 Å². The molecule has 0 unspecified atom stereocenters. The number of fused-ring (bicyclic) bond motifs is 1. The lowest BCUT2D eigenvalue weighted by atomic mass is 9.90. The lowest BCUT2D eigenvalue weighted by Gasteiger charge is -2.30. The Hall–Kier alpha value is -2.67. The molecule has 0 amide bonds. The molecule has 0 saturated carbocycles. The van der Waals surface area contributed by atoms with E-state index in [0.29, 0.717) is 25.9 Å². The number of aromatic nitrogens is 3. The number of imidazole rings is 1. The summed E-state index contributed by atoms with van der Waals surface area (Å²) in [7, 11) is 1.99. The summed E-state index contributed by atoms with van der Waals surface area (Å²) in [5, 5.41) is 2.06. The van der Waals surface area contributed by atoms with Crippen LogP contribution in [-0.2, 0) is 18.3 Å². The van der Waals surface area contributed by atoms with Gasteiger partial charge in [-0.25, -0.2) is 13.8 Å². The quantitative estimate of drug-likeness (QED) is 0.613. The monoisotopic (exact) mass is 412 g/mol. The van der Waals surface area contributed by atoms with Crippen LogP contribution in [0.25, 0.3) is 22.0 Å². The van der Waals surface area contributed by atoms with E-state index in [0.717, 1.165) is 33.5 Å². The number of carbonyl (C=O) groups excluding carboxylic acids is 1. The van der Waals surface area contributed by atoms with E-state index in [1.807, 2.05) is 43.1 Å². The highest BCUT2D eigenvalue weighted by atomic mass is 19.3. The fraction of sp³-hybridized carbons (Fsp3) is 0.435. The Morgan fingerprint density at radius 3 is 2.57 bits per heavy atom. The molecule has 1 saturated heterocycles. The topological polar surface area (TPSA) is 51.0 Å². The van der Waals surface area contributed by atoms with E-state index < -0.39 is 6.43 Å². The van der Waals surface area contributed by atoms with Crippen molar-refractivity contribution in [3.63, 3.8) is 0 Å². The number of alkyl halides is 2.